The Balaban J connectivity index is 1.94. The minimum atomic E-state index is -3.97. The molecular weight excluding hydrogens is 436 g/mol. The summed E-state index contributed by atoms with van der Waals surface area (Å²) in [5.41, 5.74) is 0.507. The van der Waals surface area contributed by atoms with E-state index in [1.807, 2.05) is 0 Å². The number of hydrogen-bond acceptors (Lipinski definition) is 5. The van der Waals surface area contributed by atoms with Gasteiger partial charge in [-0.15, -0.1) is 0 Å². The highest BCUT2D eigenvalue weighted by molar-refractivity contribution is 9.10. The van der Waals surface area contributed by atoms with Crippen LogP contribution in [0.25, 0.3) is 0 Å². The van der Waals surface area contributed by atoms with Crippen molar-refractivity contribution < 1.29 is 22.7 Å². The molecule has 1 N–H and O–H groups in total. The average Bonchev–Trinajstić information content (AvgIpc) is 2.68. The molecule has 1 fully saturated rings. The van der Waals surface area contributed by atoms with Crippen LogP contribution in [0, 0.1) is 0 Å². The number of benzene rings is 2. The van der Waals surface area contributed by atoms with Gasteiger partial charge in [-0.2, -0.15) is 0 Å². The fourth-order valence-corrected chi connectivity index (χ4v) is 4.54. The molecule has 0 saturated carbocycles. The first-order chi connectivity index (χ1) is 12.9. The highest BCUT2D eigenvalue weighted by Gasteiger charge is 2.25. The molecule has 1 aliphatic rings. The lowest BCUT2D eigenvalue weighted by Crippen LogP contribution is -2.41. The largest absolute Gasteiger partial charge is 0.495 e. The molecule has 3 rings (SSSR count). The van der Waals surface area contributed by atoms with Gasteiger partial charge in [0.2, 0.25) is 0 Å². The summed E-state index contributed by atoms with van der Waals surface area (Å²) in [6.45, 7) is 1.88. The number of rotatable bonds is 5. The maximum Gasteiger partial charge on any atom is 0.265 e. The third kappa shape index (κ3) is 4.42. The fourth-order valence-electron chi connectivity index (χ4n) is 2.76. The van der Waals surface area contributed by atoms with E-state index in [0.29, 0.717) is 30.8 Å². The summed E-state index contributed by atoms with van der Waals surface area (Å²) in [7, 11) is -2.56. The number of hydrogen-bond donors (Lipinski definition) is 1. The van der Waals surface area contributed by atoms with Crippen LogP contribution in [0.5, 0.6) is 5.75 Å². The summed E-state index contributed by atoms with van der Waals surface area (Å²) >= 11 is 3.27. The van der Waals surface area contributed by atoms with Crippen LogP contribution < -0.4 is 9.46 Å². The summed E-state index contributed by atoms with van der Waals surface area (Å²) in [6.07, 6.45) is 0. The third-order valence-corrected chi connectivity index (χ3v) is 6.00. The van der Waals surface area contributed by atoms with Crippen molar-refractivity contribution >= 4 is 37.5 Å². The minimum absolute atomic E-state index is 0.0204. The topological polar surface area (TPSA) is 84.9 Å². The van der Waals surface area contributed by atoms with Gasteiger partial charge >= 0.3 is 0 Å². The standard InChI is InChI=1S/C18H19BrN2O5S/c1-25-16-7-6-13(19)12-17(16)27(23,24)20-15-5-3-2-4-14(15)18(22)21-8-10-26-11-9-21/h2-7,12,20H,8-11H2,1H3. The molecule has 1 aliphatic heterocycles. The fraction of sp³-hybridized carbons (Fsp3) is 0.278. The Morgan fingerprint density at radius 3 is 2.59 bits per heavy atom. The van der Waals surface area contributed by atoms with E-state index in [4.69, 9.17) is 9.47 Å². The SMILES string of the molecule is COc1ccc(Br)cc1S(=O)(=O)Nc1ccccc1C(=O)N1CCOCC1. The lowest BCUT2D eigenvalue weighted by Gasteiger charge is -2.27. The predicted octanol–water partition coefficient (Wildman–Crippen LogP) is 2.73. The predicted molar refractivity (Wildman–Crippen MR) is 105 cm³/mol. The zero-order valence-corrected chi connectivity index (χ0v) is 17.0. The van der Waals surface area contributed by atoms with Gasteiger partial charge in [-0.05, 0) is 30.3 Å². The molecule has 2 aromatic rings. The number of anilines is 1. The first-order valence-corrected chi connectivity index (χ1v) is 10.5. The third-order valence-electron chi connectivity index (χ3n) is 4.12. The van der Waals surface area contributed by atoms with Gasteiger partial charge in [-0.25, -0.2) is 8.42 Å². The van der Waals surface area contributed by atoms with Crippen molar-refractivity contribution in [2.45, 2.75) is 4.90 Å². The maximum atomic E-state index is 12.9. The van der Waals surface area contributed by atoms with E-state index in [2.05, 4.69) is 20.7 Å². The summed E-state index contributed by atoms with van der Waals surface area (Å²) in [5, 5.41) is 0. The van der Waals surface area contributed by atoms with Crippen LogP contribution in [0.2, 0.25) is 0 Å². The van der Waals surface area contributed by atoms with Crippen LogP contribution in [0.3, 0.4) is 0 Å². The van der Waals surface area contributed by atoms with Crippen molar-refractivity contribution in [3.8, 4) is 5.75 Å². The smallest absolute Gasteiger partial charge is 0.265 e. The van der Waals surface area contributed by atoms with E-state index in [9.17, 15) is 13.2 Å². The van der Waals surface area contributed by atoms with Crippen LogP contribution >= 0.6 is 15.9 Å². The lowest BCUT2D eigenvalue weighted by atomic mass is 10.1. The van der Waals surface area contributed by atoms with E-state index in [0.717, 1.165) is 0 Å². The first kappa shape index (κ1) is 19.7. The number of nitrogens with one attached hydrogen (secondary N) is 1. The summed E-state index contributed by atoms with van der Waals surface area (Å²) in [5.74, 6) is -0.0273. The molecule has 27 heavy (non-hydrogen) atoms. The molecule has 0 spiro atoms. The maximum absolute atomic E-state index is 12.9. The molecule has 144 valence electrons. The van der Waals surface area contributed by atoms with Crippen LogP contribution in [0.1, 0.15) is 10.4 Å². The van der Waals surface area contributed by atoms with Gasteiger partial charge < -0.3 is 14.4 Å². The summed E-state index contributed by atoms with van der Waals surface area (Å²) < 4.78 is 39.4. The van der Waals surface area contributed by atoms with Crippen molar-refractivity contribution in [2.24, 2.45) is 0 Å². The number of ether oxygens (including phenoxy) is 2. The lowest BCUT2D eigenvalue weighted by molar-refractivity contribution is 0.0303. The molecule has 0 atom stereocenters. The van der Waals surface area contributed by atoms with Gasteiger partial charge in [0, 0.05) is 17.6 Å². The number of nitrogens with zero attached hydrogens (tertiary/aromatic N) is 1. The molecule has 0 radical (unpaired) electrons. The van der Waals surface area contributed by atoms with E-state index >= 15 is 0 Å². The van der Waals surface area contributed by atoms with E-state index in [1.165, 1.54) is 13.2 Å². The Hall–Kier alpha value is -2.10. The second-order valence-electron chi connectivity index (χ2n) is 5.85. The number of para-hydroxylation sites is 1. The number of sulfonamides is 1. The molecule has 0 aromatic heterocycles. The first-order valence-electron chi connectivity index (χ1n) is 8.25. The number of carbonyl (C=O) groups excluding carboxylic acids is 1. The van der Waals surface area contributed by atoms with Gasteiger partial charge in [0.1, 0.15) is 10.6 Å². The highest BCUT2D eigenvalue weighted by Crippen LogP contribution is 2.30. The van der Waals surface area contributed by atoms with Crippen molar-refractivity contribution in [3.05, 3.63) is 52.5 Å². The highest BCUT2D eigenvalue weighted by atomic mass is 79.9. The van der Waals surface area contributed by atoms with Crippen LogP contribution in [-0.2, 0) is 14.8 Å². The molecule has 9 heteroatoms. The number of halogens is 1. The Morgan fingerprint density at radius 2 is 1.89 bits per heavy atom. The number of amides is 1. The van der Waals surface area contributed by atoms with Crippen molar-refractivity contribution in [3.63, 3.8) is 0 Å². The van der Waals surface area contributed by atoms with E-state index in [-0.39, 0.29) is 27.8 Å². The molecule has 1 heterocycles. The Bertz CT molecular complexity index is 943. The van der Waals surface area contributed by atoms with Crippen LogP contribution in [0.4, 0.5) is 5.69 Å². The van der Waals surface area contributed by atoms with E-state index < -0.39 is 10.0 Å². The molecule has 0 bridgehead atoms. The Labute approximate surface area is 166 Å². The summed E-state index contributed by atoms with van der Waals surface area (Å²) in [4.78, 5) is 14.5. The molecule has 0 aliphatic carbocycles. The number of methoxy groups -OCH3 is 1. The number of carbonyl (C=O) groups is 1. The summed E-state index contributed by atoms with van der Waals surface area (Å²) in [6, 6.07) is 11.2. The van der Waals surface area contributed by atoms with Gasteiger partial charge in [0.05, 0.1) is 31.6 Å². The normalized spacial score (nSPS) is 14.7. The Kier molecular flexibility index (Phi) is 6.03. The van der Waals surface area contributed by atoms with Crippen LogP contribution in [0.15, 0.2) is 51.8 Å². The van der Waals surface area contributed by atoms with Crippen molar-refractivity contribution in [1.29, 1.82) is 0 Å². The van der Waals surface area contributed by atoms with Gasteiger partial charge in [0.15, 0.2) is 0 Å². The monoisotopic (exact) mass is 454 g/mol. The van der Waals surface area contributed by atoms with Gasteiger partial charge in [0.25, 0.3) is 15.9 Å². The number of morpholine rings is 1. The van der Waals surface area contributed by atoms with Gasteiger partial charge in [-0.1, -0.05) is 28.1 Å². The quantitative estimate of drug-likeness (QED) is 0.750. The second kappa shape index (κ2) is 8.28. The van der Waals surface area contributed by atoms with Crippen molar-refractivity contribution in [1.82, 2.24) is 4.90 Å². The molecule has 0 unspecified atom stereocenters. The van der Waals surface area contributed by atoms with E-state index in [1.54, 1.807) is 41.3 Å². The molecular formula is C18H19BrN2O5S. The zero-order valence-electron chi connectivity index (χ0n) is 14.6. The molecule has 7 nitrogen and oxygen atoms in total. The minimum Gasteiger partial charge on any atom is -0.495 e. The second-order valence-corrected chi connectivity index (χ2v) is 8.42. The molecule has 1 amide bonds. The molecule has 1 saturated heterocycles. The Morgan fingerprint density at radius 1 is 1.19 bits per heavy atom. The van der Waals surface area contributed by atoms with Crippen LogP contribution in [-0.4, -0.2) is 52.6 Å². The molecule has 2 aromatic carbocycles. The zero-order chi connectivity index (χ0) is 19.4. The van der Waals surface area contributed by atoms with Gasteiger partial charge in [-0.3, -0.25) is 9.52 Å². The average molecular weight is 455 g/mol. The van der Waals surface area contributed by atoms with Crippen molar-refractivity contribution in [2.75, 3.05) is 38.1 Å².